The molecule has 0 amide bonds. The van der Waals surface area contributed by atoms with Crippen molar-refractivity contribution in [2.75, 3.05) is 18.1 Å². The molecule has 0 aliphatic heterocycles. The van der Waals surface area contributed by atoms with E-state index < -0.39 is 0 Å². The molecule has 0 radical (unpaired) electrons. The molecule has 0 saturated heterocycles. The zero-order valence-corrected chi connectivity index (χ0v) is 9.31. The maximum Gasteiger partial charge on any atom is 0.222 e. The number of nitrogen functional groups attached to an aromatic ring is 1. The van der Waals surface area contributed by atoms with Crippen molar-refractivity contribution in [3.8, 4) is 17.3 Å². The van der Waals surface area contributed by atoms with Gasteiger partial charge < -0.3 is 11.1 Å². The van der Waals surface area contributed by atoms with Gasteiger partial charge in [0.25, 0.3) is 0 Å². The van der Waals surface area contributed by atoms with Crippen LogP contribution in [0.1, 0.15) is 5.56 Å². The molecule has 5 heteroatoms. The Morgan fingerprint density at radius 1 is 1.29 bits per heavy atom. The van der Waals surface area contributed by atoms with Gasteiger partial charge in [0.15, 0.2) is 0 Å². The average molecular weight is 225 g/mol. The molecule has 0 aliphatic rings. The highest BCUT2D eigenvalue weighted by atomic mass is 15.1. The van der Waals surface area contributed by atoms with E-state index in [4.69, 9.17) is 11.0 Å². The Morgan fingerprint density at radius 3 is 2.82 bits per heavy atom. The lowest BCUT2D eigenvalue weighted by Crippen LogP contribution is -2.01. The highest BCUT2D eigenvalue weighted by Crippen LogP contribution is 2.21. The van der Waals surface area contributed by atoms with Crippen LogP contribution in [0.2, 0.25) is 0 Å². The summed E-state index contributed by atoms with van der Waals surface area (Å²) in [5, 5.41) is 11.8. The predicted molar refractivity (Wildman–Crippen MR) is 66.1 cm³/mol. The second-order valence-corrected chi connectivity index (χ2v) is 3.44. The van der Waals surface area contributed by atoms with Gasteiger partial charge in [-0.1, -0.05) is 12.1 Å². The summed E-state index contributed by atoms with van der Waals surface area (Å²) in [7, 11) is 1.76. The number of nitrogens with two attached hydrogens (primary N) is 1. The molecule has 1 aromatic carbocycles. The van der Waals surface area contributed by atoms with Crippen molar-refractivity contribution in [2.45, 2.75) is 0 Å². The molecule has 84 valence electrons. The first-order chi connectivity index (χ1) is 8.22. The summed E-state index contributed by atoms with van der Waals surface area (Å²) in [5.41, 5.74) is 7.74. The number of benzene rings is 1. The van der Waals surface area contributed by atoms with E-state index in [-0.39, 0.29) is 5.95 Å². The minimum Gasteiger partial charge on any atom is -0.373 e. The van der Waals surface area contributed by atoms with Gasteiger partial charge in [-0.25, -0.2) is 4.98 Å². The van der Waals surface area contributed by atoms with E-state index in [2.05, 4.69) is 21.4 Å². The van der Waals surface area contributed by atoms with Gasteiger partial charge in [-0.3, -0.25) is 0 Å². The topological polar surface area (TPSA) is 87.6 Å². The van der Waals surface area contributed by atoms with Crippen molar-refractivity contribution >= 4 is 11.8 Å². The van der Waals surface area contributed by atoms with Crippen molar-refractivity contribution in [2.24, 2.45) is 0 Å². The third-order valence-electron chi connectivity index (χ3n) is 2.29. The standard InChI is InChI=1S/C12H11N5/c1-15-11-6-10(16-12(14)17-11)9-4-2-3-8(5-9)7-13/h2-6H,1H3,(H3,14,15,16,17). The third-order valence-corrected chi connectivity index (χ3v) is 2.29. The summed E-state index contributed by atoms with van der Waals surface area (Å²) in [6, 6.07) is 11.1. The molecule has 0 bridgehead atoms. The number of anilines is 2. The minimum absolute atomic E-state index is 0.203. The summed E-state index contributed by atoms with van der Waals surface area (Å²) in [5.74, 6) is 0.851. The summed E-state index contributed by atoms with van der Waals surface area (Å²) in [4.78, 5) is 8.16. The smallest absolute Gasteiger partial charge is 0.222 e. The fraction of sp³-hybridized carbons (Fsp3) is 0.0833. The number of rotatable bonds is 2. The van der Waals surface area contributed by atoms with E-state index in [0.717, 1.165) is 5.56 Å². The first-order valence-corrected chi connectivity index (χ1v) is 5.06. The van der Waals surface area contributed by atoms with Crippen molar-refractivity contribution < 1.29 is 0 Å². The van der Waals surface area contributed by atoms with Crippen LogP contribution in [-0.2, 0) is 0 Å². The molecule has 0 fully saturated rings. The van der Waals surface area contributed by atoms with E-state index in [9.17, 15) is 0 Å². The van der Waals surface area contributed by atoms with Crippen LogP contribution >= 0.6 is 0 Å². The molecular weight excluding hydrogens is 214 g/mol. The zero-order chi connectivity index (χ0) is 12.3. The Balaban J connectivity index is 2.52. The number of nitriles is 1. The van der Waals surface area contributed by atoms with E-state index in [1.807, 2.05) is 12.1 Å². The summed E-state index contributed by atoms with van der Waals surface area (Å²) < 4.78 is 0. The quantitative estimate of drug-likeness (QED) is 0.811. The number of aromatic nitrogens is 2. The summed E-state index contributed by atoms with van der Waals surface area (Å²) in [6.07, 6.45) is 0. The molecule has 5 nitrogen and oxygen atoms in total. The van der Waals surface area contributed by atoms with Gasteiger partial charge in [0.1, 0.15) is 5.82 Å². The highest BCUT2D eigenvalue weighted by molar-refractivity contribution is 5.65. The molecule has 0 atom stereocenters. The van der Waals surface area contributed by atoms with Crippen LogP contribution in [0.3, 0.4) is 0 Å². The highest BCUT2D eigenvalue weighted by Gasteiger charge is 2.04. The van der Waals surface area contributed by atoms with Gasteiger partial charge in [0.2, 0.25) is 5.95 Å². The summed E-state index contributed by atoms with van der Waals surface area (Å²) in [6.45, 7) is 0. The summed E-state index contributed by atoms with van der Waals surface area (Å²) >= 11 is 0. The third kappa shape index (κ3) is 2.32. The van der Waals surface area contributed by atoms with Crippen LogP contribution in [0.15, 0.2) is 30.3 Å². The van der Waals surface area contributed by atoms with Gasteiger partial charge in [-0.2, -0.15) is 10.2 Å². The molecule has 2 rings (SSSR count). The molecule has 0 spiro atoms. The monoisotopic (exact) mass is 225 g/mol. The van der Waals surface area contributed by atoms with Crippen LogP contribution in [-0.4, -0.2) is 17.0 Å². The first kappa shape index (κ1) is 10.9. The average Bonchev–Trinajstić information content (AvgIpc) is 2.38. The normalized spacial score (nSPS) is 9.65. The van der Waals surface area contributed by atoms with E-state index in [1.165, 1.54) is 0 Å². The second kappa shape index (κ2) is 4.49. The molecule has 0 aliphatic carbocycles. The number of nitrogens with zero attached hydrogens (tertiary/aromatic N) is 3. The molecule has 0 saturated carbocycles. The minimum atomic E-state index is 0.203. The van der Waals surface area contributed by atoms with Gasteiger partial charge in [0, 0.05) is 18.7 Å². The van der Waals surface area contributed by atoms with Crippen molar-refractivity contribution in [1.82, 2.24) is 9.97 Å². The van der Waals surface area contributed by atoms with E-state index in [0.29, 0.717) is 17.1 Å². The van der Waals surface area contributed by atoms with Crippen LogP contribution < -0.4 is 11.1 Å². The van der Waals surface area contributed by atoms with Crippen LogP contribution in [0, 0.1) is 11.3 Å². The molecule has 1 aromatic heterocycles. The molecule has 1 heterocycles. The van der Waals surface area contributed by atoms with Gasteiger partial charge in [-0.15, -0.1) is 0 Å². The Kier molecular flexibility index (Phi) is 2.88. The molecular formula is C12H11N5. The lowest BCUT2D eigenvalue weighted by Gasteiger charge is -2.05. The predicted octanol–water partition coefficient (Wildman–Crippen LogP) is 1.64. The number of hydrogen-bond acceptors (Lipinski definition) is 5. The van der Waals surface area contributed by atoms with Crippen molar-refractivity contribution in [1.29, 1.82) is 5.26 Å². The SMILES string of the molecule is CNc1cc(-c2cccc(C#N)c2)nc(N)n1. The molecule has 2 aromatic rings. The Labute approximate surface area is 98.9 Å². The molecule has 0 unspecified atom stereocenters. The number of hydrogen-bond donors (Lipinski definition) is 2. The van der Waals surface area contributed by atoms with Crippen LogP contribution in [0.25, 0.3) is 11.3 Å². The Morgan fingerprint density at radius 2 is 2.12 bits per heavy atom. The molecule has 3 N–H and O–H groups in total. The Hall–Kier alpha value is -2.61. The number of nitrogens with one attached hydrogen (secondary N) is 1. The fourth-order valence-corrected chi connectivity index (χ4v) is 1.49. The van der Waals surface area contributed by atoms with Crippen molar-refractivity contribution in [3.05, 3.63) is 35.9 Å². The lowest BCUT2D eigenvalue weighted by atomic mass is 10.1. The lowest BCUT2D eigenvalue weighted by molar-refractivity contribution is 1.18. The first-order valence-electron chi connectivity index (χ1n) is 5.06. The van der Waals surface area contributed by atoms with Gasteiger partial charge >= 0.3 is 0 Å². The fourth-order valence-electron chi connectivity index (χ4n) is 1.49. The molecule has 17 heavy (non-hydrogen) atoms. The maximum atomic E-state index is 8.84. The van der Waals surface area contributed by atoms with E-state index in [1.54, 1.807) is 25.2 Å². The second-order valence-electron chi connectivity index (χ2n) is 3.44. The van der Waals surface area contributed by atoms with Crippen LogP contribution in [0.4, 0.5) is 11.8 Å². The largest absolute Gasteiger partial charge is 0.373 e. The Bertz CT molecular complexity index is 586. The van der Waals surface area contributed by atoms with E-state index >= 15 is 0 Å². The maximum absolute atomic E-state index is 8.84. The van der Waals surface area contributed by atoms with Crippen LogP contribution in [0.5, 0.6) is 0 Å². The van der Waals surface area contributed by atoms with Gasteiger partial charge in [-0.05, 0) is 12.1 Å². The van der Waals surface area contributed by atoms with Gasteiger partial charge in [0.05, 0.1) is 17.3 Å². The zero-order valence-electron chi connectivity index (χ0n) is 9.31. The van der Waals surface area contributed by atoms with Crippen molar-refractivity contribution in [3.63, 3.8) is 0 Å².